The maximum atomic E-state index is 10.6. The fourth-order valence-corrected chi connectivity index (χ4v) is 3.80. The van der Waals surface area contributed by atoms with Crippen LogP contribution in [0.3, 0.4) is 0 Å². The Morgan fingerprint density at radius 2 is 1.78 bits per heavy atom. The van der Waals surface area contributed by atoms with Crippen LogP contribution in [-0.4, -0.2) is 22.7 Å². The van der Waals surface area contributed by atoms with Gasteiger partial charge in [-0.25, -0.2) is 4.98 Å². The van der Waals surface area contributed by atoms with Crippen molar-refractivity contribution in [3.63, 3.8) is 0 Å². The van der Waals surface area contributed by atoms with Crippen molar-refractivity contribution >= 4 is 27.8 Å². The molecule has 5 nitrogen and oxygen atoms in total. The number of oxazole rings is 1. The molecule has 4 aromatic carbocycles. The number of carboxylic acids is 1. The molecule has 0 saturated carbocycles. The zero-order chi connectivity index (χ0) is 21.9. The highest BCUT2D eigenvalue weighted by Gasteiger charge is 2.13. The third kappa shape index (κ3) is 4.05. The first-order valence-electron chi connectivity index (χ1n) is 10.5. The molecule has 5 rings (SSSR count). The number of aliphatic carboxylic acids is 1. The molecule has 1 aromatic heterocycles. The van der Waals surface area contributed by atoms with Crippen LogP contribution in [0.2, 0.25) is 0 Å². The van der Waals surface area contributed by atoms with Gasteiger partial charge in [-0.3, -0.25) is 4.79 Å². The van der Waals surface area contributed by atoms with Crippen LogP contribution >= 0.6 is 0 Å². The molecular weight excluding hydrogens is 402 g/mol. The monoisotopic (exact) mass is 423 g/mol. The second-order valence-electron chi connectivity index (χ2n) is 7.60. The standard InChI is InChI=1S/C27H21NO4/c29-26(30)10-5-15-31-21-12-13-22-20(16-21)8-4-9-23(22)27-28-24-17-19(11-14-25(24)32-27)18-6-2-1-3-7-18/h1-4,6-9,11-14,16-17H,5,10,15H2,(H,29,30). The topological polar surface area (TPSA) is 72.6 Å². The first-order valence-corrected chi connectivity index (χ1v) is 10.5. The van der Waals surface area contributed by atoms with Gasteiger partial charge < -0.3 is 14.3 Å². The predicted octanol–water partition coefficient (Wildman–Crippen LogP) is 6.56. The third-order valence-electron chi connectivity index (χ3n) is 5.38. The number of benzene rings is 4. The Kier molecular flexibility index (Phi) is 5.30. The van der Waals surface area contributed by atoms with Crippen molar-refractivity contribution in [3.05, 3.63) is 84.9 Å². The van der Waals surface area contributed by atoms with Gasteiger partial charge in [0.15, 0.2) is 5.58 Å². The van der Waals surface area contributed by atoms with E-state index >= 15 is 0 Å². The number of ether oxygens (including phenoxy) is 1. The molecule has 5 aromatic rings. The maximum absolute atomic E-state index is 10.6. The lowest BCUT2D eigenvalue weighted by atomic mass is 10.0. The highest BCUT2D eigenvalue weighted by Crippen LogP contribution is 2.33. The molecular formula is C27H21NO4. The molecule has 0 aliphatic carbocycles. The quantitative estimate of drug-likeness (QED) is 0.300. The van der Waals surface area contributed by atoms with Gasteiger partial charge in [0.05, 0.1) is 6.61 Å². The van der Waals surface area contributed by atoms with Crippen molar-refractivity contribution in [1.29, 1.82) is 0 Å². The van der Waals surface area contributed by atoms with Gasteiger partial charge in [-0.15, -0.1) is 0 Å². The molecule has 0 amide bonds. The van der Waals surface area contributed by atoms with Crippen LogP contribution in [0.25, 0.3) is 44.5 Å². The molecule has 5 heteroatoms. The minimum absolute atomic E-state index is 0.0986. The highest BCUT2D eigenvalue weighted by molar-refractivity contribution is 5.96. The van der Waals surface area contributed by atoms with Crippen molar-refractivity contribution in [3.8, 4) is 28.3 Å². The van der Waals surface area contributed by atoms with Crippen LogP contribution in [0.4, 0.5) is 0 Å². The van der Waals surface area contributed by atoms with Gasteiger partial charge in [0.25, 0.3) is 0 Å². The average Bonchev–Trinajstić information content (AvgIpc) is 3.25. The lowest BCUT2D eigenvalue weighted by Gasteiger charge is -2.08. The highest BCUT2D eigenvalue weighted by atomic mass is 16.5. The molecule has 0 unspecified atom stereocenters. The summed E-state index contributed by atoms with van der Waals surface area (Å²) in [6.45, 7) is 0.367. The van der Waals surface area contributed by atoms with Crippen molar-refractivity contribution in [2.24, 2.45) is 0 Å². The molecule has 0 fully saturated rings. The van der Waals surface area contributed by atoms with Gasteiger partial charge in [0.2, 0.25) is 5.89 Å². The summed E-state index contributed by atoms with van der Waals surface area (Å²) >= 11 is 0. The summed E-state index contributed by atoms with van der Waals surface area (Å²) < 4.78 is 11.8. The largest absolute Gasteiger partial charge is 0.494 e. The normalized spacial score (nSPS) is 11.1. The van der Waals surface area contributed by atoms with Crippen molar-refractivity contribution in [2.45, 2.75) is 12.8 Å². The van der Waals surface area contributed by atoms with Crippen LogP contribution in [0.15, 0.2) is 89.3 Å². The first-order chi connectivity index (χ1) is 15.7. The molecule has 0 atom stereocenters. The summed E-state index contributed by atoms with van der Waals surface area (Å²) in [5.74, 6) is 0.474. The SMILES string of the molecule is O=C(O)CCCOc1ccc2c(-c3nc4cc(-c5ccccc5)ccc4o3)cccc2c1. The van der Waals surface area contributed by atoms with E-state index in [0.29, 0.717) is 24.7 Å². The first kappa shape index (κ1) is 19.8. The van der Waals surface area contributed by atoms with Crippen molar-refractivity contribution in [1.82, 2.24) is 4.98 Å². The molecule has 32 heavy (non-hydrogen) atoms. The van der Waals surface area contributed by atoms with Crippen LogP contribution in [0, 0.1) is 0 Å². The Bertz CT molecular complexity index is 1410. The van der Waals surface area contributed by atoms with Gasteiger partial charge in [-0.1, -0.05) is 48.5 Å². The minimum Gasteiger partial charge on any atom is -0.494 e. The molecule has 0 spiro atoms. The maximum Gasteiger partial charge on any atom is 0.303 e. The van der Waals surface area contributed by atoms with Crippen LogP contribution in [0.5, 0.6) is 5.75 Å². The van der Waals surface area contributed by atoms with E-state index < -0.39 is 5.97 Å². The zero-order valence-electron chi connectivity index (χ0n) is 17.3. The van der Waals surface area contributed by atoms with Crippen molar-refractivity contribution in [2.75, 3.05) is 6.61 Å². The van der Waals surface area contributed by atoms with Crippen LogP contribution < -0.4 is 4.74 Å². The summed E-state index contributed by atoms with van der Waals surface area (Å²) in [7, 11) is 0. The number of nitrogens with zero attached hydrogens (tertiary/aromatic N) is 1. The van der Waals surface area contributed by atoms with E-state index in [1.807, 2.05) is 72.8 Å². The molecule has 1 N–H and O–H groups in total. The second kappa shape index (κ2) is 8.55. The summed E-state index contributed by atoms with van der Waals surface area (Å²) in [6.07, 6.45) is 0.572. The molecule has 0 aliphatic rings. The van der Waals surface area contributed by atoms with Gasteiger partial charge in [-0.05, 0) is 64.7 Å². The number of rotatable bonds is 7. The van der Waals surface area contributed by atoms with Gasteiger partial charge >= 0.3 is 5.97 Å². The van der Waals surface area contributed by atoms with Crippen LogP contribution in [0.1, 0.15) is 12.8 Å². The van der Waals surface area contributed by atoms with E-state index in [1.54, 1.807) is 0 Å². The smallest absolute Gasteiger partial charge is 0.303 e. The van der Waals surface area contributed by atoms with Gasteiger partial charge in [0.1, 0.15) is 11.3 Å². The molecule has 158 valence electrons. The number of carbonyl (C=O) groups is 1. The zero-order valence-corrected chi connectivity index (χ0v) is 17.3. The average molecular weight is 423 g/mol. The third-order valence-corrected chi connectivity index (χ3v) is 5.38. The van der Waals surface area contributed by atoms with Crippen LogP contribution in [-0.2, 0) is 4.79 Å². The van der Waals surface area contributed by atoms with E-state index in [0.717, 1.165) is 38.6 Å². The fraction of sp³-hybridized carbons (Fsp3) is 0.111. The number of fused-ring (bicyclic) bond motifs is 2. The molecule has 1 heterocycles. The van der Waals surface area contributed by atoms with E-state index in [4.69, 9.17) is 19.2 Å². The van der Waals surface area contributed by atoms with Gasteiger partial charge in [-0.2, -0.15) is 0 Å². The summed E-state index contributed by atoms with van der Waals surface area (Å²) in [4.78, 5) is 15.4. The minimum atomic E-state index is -0.814. The summed E-state index contributed by atoms with van der Waals surface area (Å²) in [6, 6.07) is 28.1. The van der Waals surface area contributed by atoms with E-state index in [1.165, 1.54) is 0 Å². The Morgan fingerprint density at radius 1 is 0.906 bits per heavy atom. The Hall–Kier alpha value is -4.12. The molecule has 0 bridgehead atoms. The summed E-state index contributed by atoms with van der Waals surface area (Å²) in [5.41, 5.74) is 4.71. The number of hydrogen-bond acceptors (Lipinski definition) is 4. The number of hydrogen-bond donors (Lipinski definition) is 1. The van der Waals surface area contributed by atoms with Gasteiger partial charge in [0, 0.05) is 12.0 Å². The van der Waals surface area contributed by atoms with E-state index in [-0.39, 0.29) is 6.42 Å². The summed E-state index contributed by atoms with van der Waals surface area (Å²) in [5, 5.41) is 10.8. The molecule has 0 saturated heterocycles. The Labute approximate surface area is 184 Å². The van der Waals surface area contributed by atoms with E-state index in [9.17, 15) is 4.79 Å². The lowest BCUT2D eigenvalue weighted by molar-refractivity contribution is -0.137. The van der Waals surface area contributed by atoms with Crippen molar-refractivity contribution < 1.29 is 19.1 Å². The second-order valence-corrected chi connectivity index (χ2v) is 7.60. The Morgan fingerprint density at radius 3 is 2.62 bits per heavy atom. The number of aromatic nitrogens is 1. The number of carboxylic acid groups (broad SMARTS) is 1. The molecule has 0 aliphatic heterocycles. The fourth-order valence-electron chi connectivity index (χ4n) is 3.80. The lowest BCUT2D eigenvalue weighted by Crippen LogP contribution is -2.01. The van der Waals surface area contributed by atoms with E-state index in [2.05, 4.69) is 12.1 Å². The predicted molar refractivity (Wildman–Crippen MR) is 125 cm³/mol. The molecule has 0 radical (unpaired) electrons. The Balaban J connectivity index is 1.45.